The first-order valence-electron chi connectivity index (χ1n) is 5.41. The maximum absolute atomic E-state index is 9.93. The van der Waals surface area contributed by atoms with Crippen molar-refractivity contribution in [3.05, 3.63) is 23.8 Å². The van der Waals surface area contributed by atoms with Crippen LogP contribution in [0.4, 0.5) is 11.4 Å². The van der Waals surface area contributed by atoms with Gasteiger partial charge in [-0.1, -0.05) is 6.07 Å². The molecule has 3 heteroatoms. The summed E-state index contributed by atoms with van der Waals surface area (Å²) in [7, 11) is 0. The summed E-state index contributed by atoms with van der Waals surface area (Å²) in [6.07, 6.45) is 2.92. The summed E-state index contributed by atoms with van der Waals surface area (Å²) in [5.74, 6) is 0. The van der Waals surface area contributed by atoms with Gasteiger partial charge in [-0.15, -0.1) is 0 Å². The van der Waals surface area contributed by atoms with Crippen LogP contribution in [0, 0.1) is 6.92 Å². The Labute approximate surface area is 90.3 Å². The van der Waals surface area contributed by atoms with Gasteiger partial charge in [0.2, 0.25) is 0 Å². The molecule has 4 N–H and O–H groups in total. The molecule has 0 bridgehead atoms. The van der Waals surface area contributed by atoms with Crippen molar-refractivity contribution in [3.8, 4) is 0 Å². The number of anilines is 2. The Hall–Kier alpha value is -1.22. The molecule has 0 heterocycles. The fourth-order valence-electron chi connectivity index (χ4n) is 1.84. The Morgan fingerprint density at radius 1 is 1.47 bits per heavy atom. The number of benzene rings is 1. The van der Waals surface area contributed by atoms with E-state index < -0.39 is 5.60 Å². The van der Waals surface area contributed by atoms with Crippen molar-refractivity contribution in [1.29, 1.82) is 0 Å². The van der Waals surface area contributed by atoms with Crippen molar-refractivity contribution in [3.63, 3.8) is 0 Å². The van der Waals surface area contributed by atoms with Gasteiger partial charge in [0.05, 0.1) is 17.0 Å². The lowest BCUT2D eigenvalue weighted by atomic mass is 9.80. The Kier molecular flexibility index (Phi) is 2.57. The van der Waals surface area contributed by atoms with Gasteiger partial charge in [-0.2, -0.15) is 0 Å². The minimum atomic E-state index is -0.504. The monoisotopic (exact) mass is 206 g/mol. The van der Waals surface area contributed by atoms with E-state index in [0.717, 1.165) is 30.6 Å². The second-order valence-electron chi connectivity index (χ2n) is 4.52. The highest BCUT2D eigenvalue weighted by molar-refractivity contribution is 5.67. The lowest BCUT2D eigenvalue weighted by Gasteiger charge is -2.37. The summed E-state index contributed by atoms with van der Waals surface area (Å²) in [4.78, 5) is 0. The van der Waals surface area contributed by atoms with Crippen LogP contribution in [0.5, 0.6) is 0 Å². The number of rotatable bonds is 3. The third-order valence-corrected chi connectivity index (χ3v) is 3.10. The van der Waals surface area contributed by atoms with Gasteiger partial charge in [-0.3, -0.25) is 0 Å². The zero-order valence-electron chi connectivity index (χ0n) is 9.09. The van der Waals surface area contributed by atoms with Crippen LogP contribution in [-0.4, -0.2) is 17.3 Å². The van der Waals surface area contributed by atoms with E-state index >= 15 is 0 Å². The van der Waals surface area contributed by atoms with Gasteiger partial charge in [0.25, 0.3) is 0 Å². The van der Waals surface area contributed by atoms with Gasteiger partial charge < -0.3 is 16.2 Å². The fraction of sp³-hybridized carbons (Fsp3) is 0.500. The number of aryl methyl sites for hydroxylation is 1. The number of nitrogens with two attached hydrogens (primary N) is 1. The summed E-state index contributed by atoms with van der Waals surface area (Å²) < 4.78 is 0. The summed E-state index contributed by atoms with van der Waals surface area (Å²) in [5, 5.41) is 13.1. The molecular weight excluding hydrogens is 188 g/mol. The molecule has 0 aromatic heterocycles. The van der Waals surface area contributed by atoms with Gasteiger partial charge in [0, 0.05) is 6.54 Å². The van der Waals surface area contributed by atoms with E-state index in [4.69, 9.17) is 5.73 Å². The van der Waals surface area contributed by atoms with E-state index in [1.165, 1.54) is 5.56 Å². The molecule has 3 nitrogen and oxygen atoms in total. The second-order valence-corrected chi connectivity index (χ2v) is 4.52. The van der Waals surface area contributed by atoms with Crippen molar-refractivity contribution in [1.82, 2.24) is 0 Å². The average Bonchev–Trinajstić information content (AvgIpc) is 2.17. The maximum atomic E-state index is 9.93. The smallest absolute Gasteiger partial charge is 0.0819 e. The third-order valence-electron chi connectivity index (χ3n) is 3.10. The van der Waals surface area contributed by atoms with E-state index in [1.54, 1.807) is 0 Å². The van der Waals surface area contributed by atoms with Crippen molar-refractivity contribution < 1.29 is 5.11 Å². The Bertz CT molecular complexity index is 359. The van der Waals surface area contributed by atoms with E-state index in [2.05, 4.69) is 5.32 Å². The van der Waals surface area contributed by atoms with E-state index in [9.17, 15) is 5.11 Å². The topological polar surface area (TPSA) is 58.3 Å². The summed E-state index contributed by atoms with van der Waals surface area (Å²) in [6.45, 7) is 2.63. The predicted octanol–water partition coefficient (Wildman–Crippen LogP) is 1.90. The summed E-state index contributed by atoms with van der Waals surface area (Å²) >= 11 is 0. The highest BCUT2D eigenvalue weighted by Gasteiger charge is 2.33. The number of nitrogen functional groups attached to an aromatic ring is 1. The Morgan fingerprint density at radius 3 is 2.80 bits per heavy atom. The van der Waals surface area contributed by atoms with Crippen LogP contribution < -0.4 is 11.1 Å². The standard InChI is InChI=1S/C12H18N2O/c1-9-3-4-10(13)11(7-9)14-8-12(15)5-2-6-12/h3-4,7,14-15H,2,5-6,8,13H2,1H3. The van der Waals surface area contributed by atoms with Crippen LogP contribution in [0.3, 0.4) is 0 Å². The van der Waals surface area contributed by atoms with Crippen LogP contribution in [-0.2, 0) is 0 Å². The second kappa shape index (κ2) is 3.74. The van der Waals surface area contributed by atoms with Gasteiger partial charge in [-0.25, -0.2) is 0 Å². The molecular formula is C12H18N2O. The molecule has 15 heavy (non-hydrogen) atoms. The molecule has 1 aliphatic carbocycles. The largest absolute Gasteiger partial charge is 0.397 e. The molecule has 0 spiro atoms. The normalized spacial score (nSPS) is 18.3. The summed E-state index contributed by atoms with van der Waals surface area (Å²) in [5.41, 5.74) is 8.17. The average molecular weight is 206 g/mol. The van der Waals surface area contributed by atoms with E-state index in [-0.39, 0.29) is 0 Å². The van der Waals surface area contributed by atoms with Crippen LogP contribution in [0.15, 0.2) is 18.2 Å². The SMILES string of the molecule is Cc1ccc(N)c(NCC2(O)CCC2)c1. The molecule has 0 amide bonds. The van der Waals surface area contributed by atoms with Crippen LogP contribution in [0.1, 0.15) is 24.8 Å². The quantitative estimate of drug-likeness (QED) is 0.662. The molecule has 1 aromatic rings. The fourth-order valence-corrected chi connectivity index (χ4v) is 1.84. The zero-order valence-corrected chi connectivity index (χ0v) is 9.09. The minimum Gasteiger partial charge on any atom is -0.397 e. The van der Waals surface area contributed by atoms with Crippen LogP contribution >= 0.6 is 0 Å². The highest BCUT2D eigenvalue weighted by Crippen LogP contribution is 2.32. The highest BCUT2D eigenvalue weighted by atomic mass is 16.3. The number of aliphatic hydroxyl groups is 1. The molecule has 1 saturated carbocycles. The number of hydrogen-bond acceptors (Lipinski definition) is 3. The number of nitrogens with one attached hydrogen (secondary N) is 1. The molecule has 1 aromatic carbocycles. The molecule has 0 atom stereocenters. The van der Waals surface area contributed by atoms with Crippen molar-refractivity contribution in [2.24, 2.45) is 0 Å². The van der Waals surface area contributed by atoms with Crippen molar-refractivity contribution in [2.45, 2.75) is 31.8 Å². The van der Waals surface area contributed by atoms with Crippen molar-refractivity contribution >= 4 is 11.4 Å². The first-order chi connectivity index (χ1) is 7.09. The molecule has 1 aliphatic rings. The predicted molar refractivity (Wildman–Crippen MR) is 62.9 cm³/mol. The van der Waals surface area contributed by atoms with E-state index in [0.29, 0.717) is 6.54 Å². The Morgan fingerprint density at radius 2 is 2.20 bits per heavy atom. The van der Waals surface area contributed by atoms with Gasteiger partial charge >= 0.3 is 0 Å². The molecule has 82 valence electrons. The maximum Gasteiger partial charge on any atom is 0.0819 e. The first-order valence-corrected chi connectivity index (χ1v) is 5.41. The number of hydrogen-bond donors (Lipinski definition) is 3. The molecule has 0 saturated heterocycles. The van der Waals surface area contributed by atoms with Crippen LogP contribution in [0.25, 0.3) is 0 Å². The lowest BCUT2D eigenvalue weighted by molar-refractivity contribution is -0.0201. The molecule has 0 aliphatic heterocycles. The molecule has 0 unspecified atom stereocenters. The zero-order chi connectivity index (χ0) is 10.9. The van der Waals surface area contributed by atoms with Gasteiger partial charge in [0.15, 0.2) is 0 Å². The van der Waals surface area contributed by atoms with Crippen LogP contribution in [0.2, 0.25) is 0 Å². The minimum absolute atomic E-state index is 0.504. The van der Waals surface area contributed by atoms with Crippen molar-refractivity contribution in [2.75, 3.05) is 17.6 Å². The first kappa shape index (κ1) is 10.3. The lowest BCUT2D eigenvalue weighted by Crippen LogP contribution is -2.43. The molecule has 2 rings (SSSR count). The van der Waals surface area contributed by atoms with Gasteiger partial charge in [-0.05, 0) is 43.9 Å². The third kappa shape index (κ3) is 2.23. The molecule has 0 radical (unpaired) electrons. The molecule has 1 fully saturated rings. The summed E-state index contributed by atoms with van der Waals surface area (Å²) in [6, 6.07) is 5.89. The Balaban J connectivity index is 2.01. The van der Waals surface area contributed by atoms with E-state index in [1.807, 2.05) is 25.1 Å². The van der Waals surface area contributed by atoms with Gasteiger partial charge in [0.1, 0.15) is 0 Å².